The number of allylic oxidation sites excluding steroid dienone is 1. The SMILES string of the molecule is O=C(NCCC1=CNCC=C1)c1cccn2c(=O)c3cc4ccccc4cc3nc12. The molecule has 1 aliphatic heterocycles. The molecule has 0 bridgehead atoms. The molecule has 0 spiro atoms. The summed E-state index contributed by atoms with van der Waals surface area (Å²) in [6, 6.07) is 15.0. The summed E-state index contributed by atoms with van der Waals surface area (Å²) in [4.78, 5) is 30.6. The minimum Gasteiger partial charge on any atom is -0.387 e. The van der Waals surface area contributed by atoms with E-state index in [2.05, 4.69) is 21.7 Å². The Hall–Kier alpha value is -3.93. The number of pyridine rings is 1. The van der Waals surface area contributed by atoms with Crippen molar-refractivity contribution in [2.75, 3.05) is 13.1 Å². The monoisotopic (exact) mass is 396 g/mol. The molecule has 0 aliphatic carbocycles. The molecule has 2 aromatic carbocycles. The molecule has 3 heterocycles. The topological polar surface area (TPSA) is 75.5 Å². The summed E-state index contributed by atoms with van der Waals surface area (Å²) < 4.78 is 1.45. The quantitative estimate of drug-likeness (QED) is 0.520. The van der Waals surface area contributed by atoms with Crippen molar-refractivity contribution in [1.29, 1.82) is 0 Å². The number of nitrogens with one attached hydrogen (secondary N) is 2. The van der Waals surface area contributed by atoms with Crippen molar-refractivity contribution in [2.45, 2.75) is 6.42 Å². The van der Waals surface area contributed by atoms with E-state index in [0.29, 0.717) is 28.7 Å². The Morgan fingerprint density at radius 3 is 2.77 bits per heavy atom. The van der Waals surface area contributed by atoms with E-state index in [1.807, 2.05) is 48.7 Å². The van der Waals surface area contributed by atoms with Crippen LogP contribution in [0.2, 0.25) is 0 Å². The van der Waals surface area contributed by atoms with Crippen molar-refractivity contribution in [3.05, 3.63) is 94.6 Å². The number of hydrogen-bond acceptors (Lipinski definition) is 4. The van der Waals surface area contributed by atoms with Gasteiger partial charge in [0.15, 0.2) is 5.65 Å². The lowest BCUT2D eigenvalue weighted by molar-refractivity contribution is 0.0955. The lowest BCUT2D eigenvalue weighted by atomic mass is 10.1. The molecule has 1 amide bonds. The summed E-state index contributed by atoms with van der Waals surface area (Å²) in [5.41, 5.74) is 2.28. The third-order valence-corrected chi connectivity index (χ3v) is 5.31. The van der Waals surface area contributed by atoms with Gasteiger partial charge in [-0.1, -0.05) is 36.4 Å². The molecule has 0 atom stereocenters. The number of benzene rings is 2. The number of carbonyl (C=O) groups is 1. The van der Waals surface area contributed by atoms with Crippen molar-refractivity contribution < 1.29 is 4.79 Å². The second-order valence-electron chi connectivity index (χ2n) is 7.28. The summed E-state index contributed by atoms with van der Waals surface area (Å²) in [5.74, 6) is -0.242. The molecule has 5 rings (SSSR count). The van der Waals surface area contributed by atoms with E-state index in [-0.39, 0.29) is 11.5 Å². The Kier molecular flexibility index (Phi) is 4.52. The molecule has 0 fully saturated rings. The number of aromatic nitrogens is 2. The minimum atomic E-state index is -0.242. The van der Waals surface area contributed by atoms with Gasteiger partial charge in [-0.2, -0.15) is 0 Å². The summed E-state index contributed by atoms with van der Waals surface area (Å²) >= 11 is 0. The molecule has 148 valence electrons. The second-order valence-corrected chi connectivity index (χ2v) is 7.28. The van der Waals surface area contributed by atoms with Crippen molar-refractivity contribution in [2.24, 2.45) is 0 Å². The average molecular weight is 396 g/mol. The van der Waals surface area contributed by atoms with Gasteiger partial charge < -0.3 is 10.6 Å². The van der Waals surface area contributed by atoms with Crippen molar-refractivity contribution in [3.8, 4) is 0 Å². The average Bonchev–Trinajstić information content (AvgIpc) is 2.78. The number of amides is 1. The molecule has 4 aromatic rings. The van der Waals surface area contributed by atoms with Gasteiger partial charge in [0.1, 0.15) is 0 Å². The summed E-state index contributed by atoms with van der Waals surface area (Å²) in [6.45, 7) is 1.33. The number of rotatable bonds is 4. The smallest absolute Gasteiger partial charge is 0.265 e. The van der Waals surface area contributed by atoms with Crippen molar-refractivity contribution in [1.82, 2.24) is 20.0 Å². The molecule has 0 saturated carbocycles. The Bertz CT molecular complexity index is 1420. The fraction of sp³-hybridized carbons (Fsp3) is 0.125. The van der Waals surface area contributed by atoms with Crippen LogP contribution in [0.1, 0.15) is 16.8 Å². The lowest BCUT2D eigenvalue weighted by Gasteiger charge is -2.11. The van der Waals surface area contributed by atoms with Crippen LogP contribution in [-0.4, -0.2) is 28.4 Å². The van der Waals surface area contributed by atoms with Gasteiger partial charge in [-0.15, -0.1) is 0 Å². The summed E-state index contributed by atoms with van der Waals surface area (Å²) in [5, 5.41) is 8.62. The lowest BCUT2D eigenvalue weighted by Crippen LogP contribution is -2.27. The van der Waals surface area contributed by atoms with Gasteiger partial charge in [0.2, 0.25) is 0 Å². The van der Waals surface area contributed by atoms with E-state index in [0.717, 1.165) is 29.3 Å². The molecule has 2 aromatic heterocycles. The highest BCUT2D eigenvalue weighted by molar-refractivity contribution is 6.02. The first-order valence-corrected chi connectivity index (χ1v) is 9.92. The minimum absolute atomic E-state index is 0.182. The largest absolute Gasteiger partial charge is 0.387 e. The van der Waals surface area contributed by atoms with Gasteiger partial charge in [-0.25, -0.2) is 4.98 Å². The molecule has 0 radical (unpaired) electrons. The van der Waals surface area contributed by atoms with Crippen LogP contribution in [0.25, 0.3) is 27.3 Å². The number of carbonyl (C=O) groups excluding carboxylic acids is 1. The van der Waals surface area contributed by atoms with Crippen LogP contribution in [0.5, 0.6) is 0 Å². The van der Waals surface area contributed by atoms with Gasteiger partial charge in [-0.05, 0) is 53.2 Å². The molecule has 0 saturated heterocycles. The first-order chi connectivity index (χ1) is 14.7. The van der Waals surface area contributed by atoms with Crippen LogP contribution < -0.4 is 16.2 Å². The maximum Gasteiger partial charge on any atom is 0.265 e. The van der Waals surface area contributed by atoms with E-state index < -0.39 is 0 Å². The van der Waals surface area contributed by atoms with Gasteiger partial charge in [0.25, 0.3) is 11.5 Å². The van der Waals surface area contributed by atoms with Gasteiger partial charge in [-0.3, -0.25) is 14.0 Å². The first-order valence-electron chi connectivity index (χ1n) is 9.92. The van der Waals surface area contributed by atoms with E-state index in [1.165, 1.54) is 4.40 Å². The molecule has 0 unspecified atom stereocenters. The van der Waals surface area contributed by atoms with Crippen LogP contribution in [0.15, 0.2) is 83.4 Å². The molecule has 6 heteroatoms. The van der Waals surface area contributed by atoms with Crippen molar-refractivity contribution >= 4 is 33.2 Å². The maximum absolute atomic E-state index is 13.1. The fourth-order valence-electron chi connectivity index (χ4n) is 3.78. The highest BCUT2D eigenvalue weighted by Crippen LogP contribution is 2.20. The standard InChI is InChI=1S/C24H20N4O2/c29-23(26-11-9-16-5-3-10-25-15-16)19-8-4-12-28-22(19)27-21-14-18-7-2-1-6-17(18)13-20(21)24(28)30/h1-8,12-15,25H,9-11H2,(H,26,29). The van der Waals surface area contributed by atoms with E-state index in [1.54, 1.807) is 18.3 Å². The predicted octanol–water partition coefficient (Wildman–Crippen LogP) is 3.16. The first kappa shape index (κ1) is 18.1. The molecular formula is C24H20N4O2. The molecule has 2 N–H and O–H groups in total. The normalized spacial score (nSPS) is 13.4. The Labute approximate surface area is 172 Å². The highest BCUT2D eigenvalue weighted by atomic mass is 16.1. The number of fused-ring (bicyclic) bond motifs is 3. The Balaban J connectivity index is 1.52. The van der Waals surface area contributed by atoms with Gasteiger partial charge >= 0.3 is 0 Å². The number of hydrogen-bond donors (Lipinski definition) is 2. The highest BCUT2D eigenvalue weighted by Gasteiger charge is 2.15. The zero-order valence-electron chi connectivity index (χ0n) is 16.3. The van der Waals surface area contributed by atoms with E-state index in [4.69, 9.17) is 0 Å². The van der Waals surface area contributed by atoms with E-state index >= 15 is 0 Å². The third-order valence-electron chi connectivity index (χ3n) is 5.31. The van der Waals surface area contributed by atoms with Crippen LogP contribution in [-0.2, 0) is 0 Å². The molecule has 1 aliphatic rings. The summed E-state index contributed by atoms with van der Waals surface area (Å²) in [7, 11) is 0. The summed E-state index contributed by atoms with van der Waals surface area (Å²) in [6.07, 6.45) is 8.44. The zero-order valence-corrected chi connectivity index (χ0v) is 16.3. The predicted molar refractivity (Wildman–Crippen MR) is 119 cm³/mol. The van der Waals surface area contributed by atoms with Crippen molar-refractivity contribution in [3.63, 3.8) is 0 Å². The van der Waals surface area contributed by atoms with Gasteiger partial charge in [0, 0.05) is 19.3 Å². The Morgan fingerprint density at radius 2 is 1.97 bits per heavy atom. The molecule has 30 heavy (non-hydrogen) atoms. The number of dihydropyridines is 1. The van der Waals surface area contributed by atoms with Crippen LogP contribution in [0.4, 0.5) is 0 Å². The Morgan fingerprint density at radius 1 is 1.13 bits per heavy atom. The maximum atomic E-state index is 13.1. The fourth-order valence-corrected chi connectivity index (χ4v) is 3.78. The van der Waals surface area contributed by atoms with Crippen LogP contribution >= 0.6 is 0 Å². The van der Waals surface area contributed by atoms with Crippen LogP contribution in [0, 0.1) is 0 Å². The van der Waals surface area contributed by atoms with E-state index in [9.17, 15) is 9.59 Å². The molecular weight excluding hydrogens is 376 g/mol. The van der Waals surface area contributed by atoms with Gasteiger partial charge in [0.05, 0.1) is 16.5 Å². The molecule has 6 nitrogen and oxygen atoms in total. The third kappa shape index (κ3) is 3.22. The second kappa shape index (κ2) is 7.48. The number of nitrogens with zero attached hydrogens (tertiary/aromatic N) is 2. The van der Waals surface area contributed by atoms with Crippen LogP contribution in [0.3, 0.4) is 0 Å². The zero-order chi connectivity index (χ0) is 20.5.